The maximum Gasteiger partial charge on any atom is 0.311 e. The molecule has 0 bridgehead atoms. The summed E-state index contributed by atoms with van der Waals surface area (Å²) >= 11 is 0. The molecule has 2 fully saturated rings. The number of cyclic esters (lactones) is 1. The van der Waals surface area contributed by atoms with Crippen LogP contribution in [0.15, 0.2) is 12.3 Å². The van der Waals surface area contributed by atoms with Gasteiger partial charge in [0.05, 0.1) is 6.42 Å². The number of allylic oxidation sites excluding steroid dienone is 1. The van der Waals surface area contributed by atoms with Crippen molar-refractivity contribution in [2.45, 2.75) is 38.5 Å². The van der Waals surface area contributed by atoms with Gasteiger partial charge in [-0.15, -0.1) is 0 Å². The highest BCUT2D eigenvalue weighted by Crippen LogP contribution is 2.48. The Balaban J connectivity index is 2.14. The van der Waals surface area contributed by atoms with Gasteiger partial charge in [-0.3, -0.25) is 4.79 Å². The minimum Gasteiger partial charge on any atom is -0.432 e. The number of carbonyl (C=O) groups excluding carboxylic acids is 1. The highest BCUT2D eigenvalue weighted by atomic mass is 16.5. The highest BCUT2D eigenvalue weighted by Gasteiger charge is 2.40. The van der Waals surface area contributed by atoms with Crippen molar-refractivity contribution in [1.82, 2.24) is 0 Å². The Morgan fingerprint density at radius 2 is 1.92 bits per heavy atom. The largest absolute Gasteiger partial charge is 0.432 e. The molecule has 0 aromatic carbocycles. The van der Waals surface area contributed by atoms with Crippen molar-refractivity contribution in [3.63, 3.8) is 0 Å². The predicted octanol–water partition coefficient (Wildman–Crippen LogP) is 2.40. The maximum absolute atomic E-state index is 11.2. The van der Waals surface area contributed by atoms with Crippen molar-refractivity contribution in [3.8, 4) is 0 Å². The van der Waals surface area contributed by atoms with E-state index in [9.17, 15) is 4.79 Å². The van der Waals surface area contributed by atoms with Crippen LogP contribution in [0.25, 0.3) is 0 Å². The van der Waals surface area contributed by atoms with E-state index in [2.05, 4.69) is 6.58 Å². The third kappa shape index (κ3) is 1.26. The first-order valence-electron chi connectivity index (χ1n) is 4.59. The van der Waals surface area contributed by atoms with Gasteiger partial charge < -0.3 is 4.74 Å². The average molecular weight is 166 g/mol. The predicted molar refractivity (Wildman–Crippen MR) is 45.4 cm³/mol. The van der Waals surface area contributed by atoms with Crippen LogP contribution in [0.1, 0.15) is 38.5 Å². The topological polar surface area (TPSA) is 26.3 Å². The van der Waals surface area contributed by atoms with Crippen molar-refractivity contribution in [2.24, 2.45) is 5.41 Å². The molecule has 1 saturated carbocycles. The van der Waals surface area contributed by atoms with Gasteiger partial charge >= 0.3 is 5.97 Å². The molecular formula is C10H14O2. The third-order valence-electron chi connectivity index (χ3n) is 3.01. The van der Waals surface area contributed by atoms with Crippen molar-refractivity contribution < 1.29 is 9.53 Å². The molecule has 0 radical (unpaired) electrons. The summed E-state index contributed by atoms with van der Waals surface area (Å²) in [6, 6.07) is 0. The maximum atomic E-state index is 11.2. The van der Waals surface area contributed by atoms with Crippen molar-refractivity contribution in [3.05, 3.63) is 12.3 Å². The van der Waals surface area contributed by atoms with E-state index in [1.165, 1.54) is 25.7 Å². The Hall–Kier alpha value is -0.790. The van der Waals surface area contributed by atoms with E-state index in [0.717, 1.165) is 6.42 Å². The summed E-state index contributed by atoms with van der Waals surface area (Å²) in [7, 11) is 0. The lowest BCUT2D eigenvalue weighted by atomic mass is 9.78. The van der Waals surface area contributed by atoms with Crippen LogP contribution in [0.5, 0.6) is 0 Å². The molecule has 12 heavy (non-hydrogen) atoms. The first-order valence-corrected chi connectivity index (χ1v) is 4.59. The van der Waals surface area contributed by atoms with Crippen molar-refractivity contribution >= 4 is 5.97 Å². The van der Waals surface area contributed by atoms with Gasteiger partial charge in [-0.1, -0.05) is 19.4 Å². The normalized spacial score (nSPS) is 27.7. The Bertz CT molecular complexity index is 206. The first kappa shape index (κ1) is 7.84. The van der Waals surface area contributed by atoms with Crippen LogP contribution in [-0.2, 0) is 9.53 Å². The van der Waals surface area contributed by atoms with Crippen LogP contribution in [0.2, 0.25) is 0 Å². The number of ether oxygens (including phenoxy) is 1. The number of carbonyl (C=O) groups is 1. The zero-order valence-electron chi connectivity index (χ0n) is 7.27. The Morgan fingerprint density at radius 1 is 1.25 bits per heavy atom. The van der Waals surface area contributed by atoms with Crippen LogP contribution in [0.4, 0.5) is 0 Å². The van der Waals surface area contributed by atoms with E-state index in [0.29, 0.717) is 12.2 Å². The molecule has 66 valence electrons. The molecule has 0 aromatic rings. The van der Waals surface area contributed by atoms with Crippen LogP contribution >= 0.6 is 0 Å². The minimum absolute atomic E-state index is 0.0758. The second-order valence-corrected chi connectivity index (χ2v) is 4.07. The van der Waals surface area contributed by atoms with Gasteiger partial charge in [-0.2, -0.15) is 0 Å². The quantitative estimate of drug-likeness (QED) is 0.516. The van der Waals surface area contributed by atoms with E-state index >= 15 is 0 Å². The Kier molecular flexibility index (Phi) is 1.71. The Labute approximate surface area is 72.6 Å². The summed E-state index contributed by atoms with van der Waals surface area (Å²) in [5.74, 6) is 0.598. The summed E-state index contributed by atoms with van der Waals surface area (Å²) in [6.07, 6.45) is 6.41. The summed E-state index contributed by atoms with van der Waals surface area (Å²) in [5, 5.41) is 0. The zero-order chi connectivity index (χ0) is 8.60. The number of rotatable bonds is 0. The standard InChI is InChI=1S/C10H14O2/c1-8-6-10(4-2-3-5-10)7-9(11)12-8/h1-7H2. The number of hydrogen-bond acceptors (Lipinski definition) is 2. The monoisotopic (exact) mass is 166 g/mol. The van der Waals surface area contributed by atoms with Gasteiger partial charge in [-0.25, -0.2) is 0 Å². The second kappa shape index (κ2) is 2.61. The molecule has 0 unspecified atom stereocenters. The molecule has 1 heterocycles. The zero-order valence-corrected chi connectivity index (χ0v) is 7.27. The fraction of sp³-hybridized carbons (Fsp3) is 0.700. The van der Waals surface area contributed by atoms with Gasteiger partial charge in [0.15, 0.2) is 0 Å². The molecule has 2 aliphatic rings. The molecule has 0 atom stereocenters. The lowest BCUT2D eigenvalue weighted by Crippen LogP contribution is -2.28. The van der Waals surface area contributed by atoms with Gasteiger partial charge in [0.1, 0.15) is 5.76 Å². The molecule has 0 aromatic heterocycles. The molecule has 2 rings (SSSR count). The molecule has 1 aliphatic heterocycles. The van der Waals surface area contributed by atoms with Crippen LogP contribution in [0, 0.1) is 5.41 Å². The third-order valence-corrected chi connectivity index (χ3v) is 3.01. The molecule has 1 saturated heterocycles. The van der Waals surface area contributed by atoms with E-state index in [1.54, 1.807) is 0 Å². The summed E-state index contributed by atoms with van der Waals surface area (Å²) in [6.45, 7) is 3.74. The van der Waals surface area contributed by atoms with Crippen LogP contribution < -0.4 is 0 Å². The molecule has 1 aliphatic carbocycles. The highest BCUT2D eigenvalue weighted by molar-refractivity contribution is 5.72. The van der Waals surface area contributed by atoms with E-state index < -0.39 is 0 Å². The fourth-order valence-electron chi connectivity index (χ4n) is 2.50. The lowest BCUT2D eigenvalue weighted by molar-refractivity contribution is -0.146. The first-order chi connectivity index (χ1) is 5.70. The van der Waals surface area contributed by atoms with Gasteiger partial charge in [0.25, 0.3) is 0 Å². The van der Waals surface area contributed by atoms with Gasteiger partial charge in [-0.05, 0) is 18.3 Å². The van der Waals surface area contributed by atoms with E-state index in [4.69, 9.17) is 4.74 Å². The molecule has 0 amide bonds. The lowest BCUT2D eigenvalue weighted by Gasteiger charge is -2.32. The summed E-state index contributed by atoms with van der Waals surface area (Å²) in [5.41, 5.74) is 0.242. The summed E-state index contributed by atoms with van der Waals surface area (Å²) in [4.78, 5) is 11.2. The SMILES string of the molecule is C=C1CC2(CCCC2)CC(=O)O1. The van der Waals surface area contributed by atoms with E-state index in [1.807, 2.05) is 0 Å². The molecule has 2 heteroatoms. The molecule has 2 nitrogen and oxygen atoms in total. The Morgan fingerprint density at radius 3 is 2.50 bits per heavy atom. The second-order valence-electron chi connectivity index (χ2n) is 4.07. The summed E-state index contributed by atoms with van der Waals surface area (Å²) < 4.78 is 4.94. The molecule has 1 spiro atoms. The van der Waals surface area contributed by atoms with Crippen molar-refractivity contribution in [2.75, 3.05) is 0 Å². The number of esters is 1. The molecule has 0 N–H and O–H groups in total. The minimum atomic E-state index is -0.0758. The van der Waals surface area contributed by atoms with Crippen molar-refractivity contribution in [1.29, 1.82) is 0 Å². The van der Waals surface area contributed by atoms with Gasteiger partial charge in [0, 0.05) is 6.42 Å². The van der Waals surface area contributed by atoms with Gasteiger partial charge in [0.2, 0.25) is 0 Å². The smallest absolute Gasteiger partial charge is 0.311 e. The number of hydrogen-bond donors (Lipinski definition) is 0. The van der Waals surface area contributed by atoms with Crippen LogP contribution in [0.3, 0.4) is 0 Å². The van der Waals surface area contributed by atoms with Crippen LogP contribution in [-0.4, -0.2) is 5.97 Å². The average Bonchev–Trinajstić information content (AvgIpc) is 2.33. The fourth-order valence-corrected chi connectivity index (χ4v) is 2.50. The molecular weight excluding hydrogens is 152 g/mol. The van der Waals surface area contributed by atoms with E-state index in [-0.39, 0.29) is 11.4 Å².